The van der Waals surface area contributed by atoms with Gasteiger partial charge in [0.05, 0.1) is 13.0 Å². The zero-order valence-corrected chi connectivity index (χ0v) is 13.2. The van der Waals surface area contributed by atoms with Crippen LogP contribution >= 0.6 is 0 Å². The van der Waals surface area contributed by atoms with Crippen LogP contribution < -0.4 is 5.32 Å². The molecule has 0 saturated carbocycles. The lowest BCUT2D eigenvalue weighted by molar-refractivity contribution is -0.145. The summed E-state index contributed by atoms with van der Waals surface area (Å²) in [4.78, 5) is 15.9. The minimum absolute atomic E-state index is 0.120. The average Bonchev–Trinajstić information content (AvgIpc) is 3.11. The first-order chi connectivity index (χ1) is 10.6. The van der Waals surface area contributed by atoms with Gasteiger partial charge in [0, 0.05) is 6.92 Å². The molecule has 0 aromatic heterocycles. The van der Waals surface area contributed by atoms with Gasteiger partial charge in [0.2, 0.25) is 0 Å². The summed E-state index contributed by atoms with van der Waals surface area (Å²) in [6.07, 6.45) is 3.98. The summed E-state index contributed by atoms with van der Waals surface area (Å²) < 4.78 is 5.12. The van der Waals surface area contributed by atoms with Gasteiger partial charge in [-0.1, -0.05) is 18.2 Å². The molecule has 1 aromatic carbocycles. The Morgan fingerprint density at radius 2 is 2.23 bits per heavy atom. The Morgan fingerprint density at radius 3 is 2.95 bits per heavy atom. The lowest BCUT2D eigenvalue weighted by Crippen LogP contribution is -2.34. The van der Waals surface area contributed by atoms with Gasteiger partial charge >= 0.3 is 5.97 Å². The number of fused-ring (bicyclic) bond motifs is 1. The Hall–Kier alpha value is -1.86. The first kappa shape index (κ1) is 15.1. The summed E-state index contributed by atoms with van der Waals surface area (Å²) in [5.41, 5.74) is 3.33. The van der Waals surface area contributed by atoms with E-state index in [4.69, 9.17) is 11.3 Å². The van der Waals surface area contributed by atoms with Crippen LogP contribution in [0.5, 0.6) is 0 Å². The van der Waals surface area contributed by atoms with Gasteiger partial charge in [0.25, 0.3) is 5.54 Å². The van der Waals surface area contributed by atoms with Crippen LogP contribution in [0.25, 0.3) is 4.85 Å². The van der Waals surface area contributed by atoms with Crippen LogP contribution in [0, 0.1) is 6.57 Å². The molecular weight excluding hydrogens is 276 g/mol. The molecule has 1 unspecified atom stereocenters. The zero-order valence-electron chi connectivity index (χ0n) is 13.2. The van der Waals surface area contributed by atoms with Crippen LogP contribution in [-0.4, -0.2) is 24.2 Å². The highest BCUT2D eigenvalue weighted by molar-refractivity contribution is 5.77. The number of carbonyl (C=O) groups is 1. The second-order valence-corrected chi connectivity index (χ2v) is 6.46. The number of hydrogen-bond donors (Lipinski definition) is 1. The molecule has 1 N–H and O–H groups in total. The number of nitrogens with one attached hydrogen (secondary N) is 1. The Kier molecular flexibility index (Phi) is 3.92. The smallest absolute Gasteiger partial charge is 0.323 e. The zero-order chi connectivity index (χ0) is 15.7. The summed E-state index contributed by atoms with van der Waals surface area (Å²) in [5.74, 6) is -0.249. The van der Waals surface area contributed by atoms with E-state index in [0.29, 0.717) is 13.0 Å². The minimum Gasteiger partial charge on any atom is -0.465 e. The van der Waals surface area contributed by atoms with E-state index in [1.807, 2.05) is 6.92 Å². The number of esters is 1. The van der Waals surface area contributed by atoms with Crippen molar-refractivity contribution in [1.82, 2.24) is 5.32 Å². The van der Waals surface area contributed by atoms with Gasteiger partial charge in [0.15, 0.2) is 0 Å². The van der Waals surface area contributed by atoms with Crippen molar-refractivity contribution in [3.8, 4) is 0 Å². The van der Waals surface area contributed by atoms with E-state index in [1.54, 1.807) is 6.92 Å². The summed E-state index contributed by atoms with van der Waals surface area (Å²) in [7, 11) is 0. The van der Waals surface area contributed by atoms with Crippen molar-refractivity contribution in [2.24, 2.45) is 0 Å². The molecule has 3 atom stereocenters. The van der Waals surface area contributed by atoms with E-state index in [1.165, 1.54) is 17.5 Å². The molecule has 2 aliphatic rings. The van der Waals surface area contributed by atoms with Crippen molar-refractivity contribution in [3.63, 3.8) is 0 Å². The van der Waals surface area contributed by atoms with Crippen molar-refractivity contribution in [1.29, 1.82) is 0 Å². The van der Waals surface area contributed by atoms with Crippen molar-refractivity contribution in [2.75, 3.05) is 6.61 Å². The van der Waals surface area contributed by atoms with Gasteiger partial charge in [-0.05, 0) is 42.9 Å². The maximum absolute atomic E-state index is 12.0. The number of carbonyl (C=O) groups excluding carboxylic acids is 1. The van der Waals surface area contributed by atoms with Gasteiger partial charge in [-0.2, -0.15) is 0 Å². The average molecular weight is 298 g/mol. The maximum Gasteiger partial charge on any atom is 0.323 e. The fourth-order valence-corrected chi connectivity index (χ4v) is 3.70. The molecule has 0 spiro atoms. The summed E-state index contributed by atoms with van der Waals surface area (Å²) in [6, 6.07) is 6.00. The SMILES string of the molecule is [C-]#[N+][C@@]1(C)C[C@@H](C(=O)OCC)NC1c1ccc2c(c1)CCC2. The molecule has 0 radical (unpaired) electrons. The Labute approximate surface area is 131 Å². The molecule has 22 heavy (non-hydrogen) atoms. The molecule has 0 bridgehead atoms. The van der Waals surface area contributed by atoms with Crippen LogP contribution in [-0.2, 0) is 22.4 Å². The fraction of sp³-hybridized carbons (Fsp3) is 0.556. The highest BCUT2D eigenvalue weighted by Gasteiger charge is 2.52. The van der Waals surface area contributed by atoms with Crippen LogP contribution in [0.4, 0.5) is 0 Å². The minimum atomic E-state index is -0.607. The van der Waals surface area contributed by atoms with Crippen LogP contribution in [0.2, 0.25) is 0 Å². The van der Waals surface area contributed by atoms with Crippen molar-refractivity contribution >= 4 is 5.97 Å². The molecule has 1 aliphatic carbocycles. The third-order valence-electron chi connectivity index (χ3n) is 4.89. The molecule has 1 aromatic rings. The Balaban J connectivity index is 1.88. The molecule has 0 amide bonds. The van der Waals surface area contributed by atoms with Crippen molar-refractivity contribution < 1.29 is 9.53 Å². The van der Waals surface area contributed by atoms with E-state index in [-0.39, 0.29) is 12.0 Å². The number of benzene rings is 1. The normalized spacial score (nSPS) is 29.9. The predicted molar refractivity (Wildman–Crippen MR) is 84.4 cm³/mol. The van der Waals surface area contributed by atoms with Gasteiger partial charge in [-0.25, -0.2) is 6.57 Å². The maximum atomic E-state index is 12.0. The number of ether oxygens (including phenoxy) is 1. The molecule has 116 valence electrons. The van der Waals surface area contributed by atoms with Crippen LogP contribution in [0.3, 0.4) is 0 Å². The highest BCUT2D eigenvalue weighted by Crippen LogP contribution is 2.40. The summed E-state index contributed by atoms with van der Waals surface area (Å²) in [5, 5.41) is 3.34. The quantitative estimate of drug-likeness (QED) is 0.689. The molecule has 1 saturated heterocycles. The van der Waals surface area contributed by atoms with E-state index < -0.39 is 11.6 Å². The van der Waals surface area contributed by atoms with Gasteiger partial charge < -0.3 is 9.58 Å². The molecule has 1 aliphatic heterocycles. The number of hydrogen-bond acceptors (Lipinski definition) is 3. The monoisotopic (exact) mass is 298 g/mol. The predicted octanol–water partition coefficient (Wildman–Crippen LogP) is 2.82. The van der Waals surface area contributed by atoms with E-state index >= 15 is 0 Å². The largest absolute Gasteiger partial charge is 0.465 e. The van der Waals surface area contributed by atoms with Crippen molar-refractivity contribution in [3.05, 3.63) is 46.3 Å². The molecule has 3 rings (SSSR count). The Bertz CT molecular complexity index is 634. The topological polar surface area (TPSA) is 42.7 Å². The van der Waals surface area contributed by atoms with Crippen molar-refractivity contribution in [2.45, 2.75) is 57.2 Å². The second kappa shape index (κ2) is 5.73. The highest BCUT2D eigenvalue weighted by atomic mass is 16.5. The van der Waals surface area contributed by atoms with E-state index in [2.05, 4.69) is 28.4 Å². The third-order valence-corrected chi connectivity index (χ3v) is 4.89. The van der Waals surface area contributed by atoms with Gasteiger partial charge in [0.1, 0.15) is 12.1 Å². The fourth-order valence-electron chi connectivity index (χ4n) is 3.70. The second-order valence-electron chi connectivity index (χ2n) is 6.46. The third kappa shape index (κ3) is 2.50. The lowest BCUT2D eigenvalue weighted by Gasteiger charge is -2.20. The van der Waals surface area contributed by atoms with Gasteiger partial charge in [-0.3, -0.25) is 10.1 Å². The Morgan fingerprint density at radius 1 is 1.45 bits per heavy atom. The number of aryl methyl sites for hydroxylation is 2. The van der Waals surface area contributed by atoms with Crippen LogP contribution in [0.1, 0.15) is 49.4 Å². The van der Waals surface area contributed by atoms with E-state index in [9.17, 15) is 4.79 Å². The van der Waals surface area contributed by atoms with Gasteiger partial charge in [-0.15, -0.1) is 0 Å². The molecule has 4 nitrogen and oxygen atoms in total. The number of nitrogens with zero attached hydrogens (tertiary/aromatic N) is 1. The van der Waals surface area contributed by atoms with Crippen LogP contribution in [0.15, 0.2) is 18.2 Å². The number of rotatable bonds is 3. The standard InChI is InChI=1S/C18H22N2O2/c1-4-22-17(21)15-11-18(2,19-3)16(20-15)14-9-8-12-6-5-7-13(12)10-14/h8-10,15-16,20H,4-7,11H2,1-2H3/t15-,16?,18-/m0/s1. The summed E-state index contributed by atoms with van der Waals surface area (Å²) in [6.45, 7) is 11.7. The molecular formula is C18H22N2O2. The molecule has 4 heteroatoms. The lowest BCUT2D eigenvalue weighted by atomic mass is 9.87. The first-order valence-corrected chi connectivity index (χ1v) is 8.00. The first-order valence-electron chi connectivity index (χ1n) is 8.00. The van der Waals surface area contributed by atoms with E-state index in [0.717, 1.165) is 18.4 Å². The molecule has 1 fully saturated rings. The molecule has 1 heterocycles. The summed E-state index contributed by atoms with van der Waals surface area (Å²) >= 11 is 0.